The topological polar surface area (TPSA) is 41.6 Å². The van der Waals surface area contributed by atoms with Crippen molar-refractivity contribution in [2.75, 3.05) is 38.6 Å². The van der Waals surface area contributed by atoms with Crippen molar-refractivity contribution in [3.05, 3.63) is 65.5 Å². The van der Waals surface area contributed by atoms with Crippen molar-refractivity contribution in [3.63, 3.8) is 0 Å². The summed E-state index contributed by atoms with van der Waals surface area (Å²) < 4.78 is 18.4. The highest BCUT2D eigenvalue weighted by atomic mass is 32.2. The minimum Gasteiger partial charge on any atom is -0.379 e. The van der Waals surface area contributed by atoms with Crippen molar-refractivity contribution in [2.45, 2.75) is 17.9 Å². The molecule has 6 heteroatoms. The van der Waals surface area contributed by atoms with Crippen molar-refractivity contribution < 1.29 is 13.9 Å². The van der Waals surface area contributed by atoms with Gasteiger partial charge < -0.3 is 10.1 Å². The number of benzene rings is 2. The van der Waals surface area contributed by atoms with Crippen LogP contribution in [0, 0.1) is 12.7 Å². The number of carbonyl (C=O) groups excluding carboxylic acids is 1. The molecule has 1 aliphatic heterocycles. The van der Waals surface area contributed by atoms with Gasteiger partial charge in [-0.2, -0.15) is 0 Å². The third kappa shape index (κ3) is 6.34. The first-order valence-corrected chi connectivity index (χ1v) is 10.1. The highest BCUT2D eigenvalue weighted by Gasteiger charge is 2.20. The van der Waals surface area contributed by atoms with Crippen molar-refractivity contribution in [1.82, 2.24) is 10.2 Å². The Kier molecular flexibility index (Phi) is 7.26. The lowest BCUT2D eigenvalue weighted by Gasteiger charge is -2.31. The molecule has 2 aromatic rings. The molecule has 4 nitrogen and oxygen atoms in total. The zero-order valence-electron chi connectivity index (χ0n) is 15.5. The molecule has 1 amide bonds. The second-order valence-electron chi connectivity index (χ2n) is 6.69. The van der Waals surface area contributed by atoms with Gasteiger partial charge in [-0.15, -0.1) is 11.8 Å². The average molecular weight is 389 g/mol. The quantitative estimate of drug-likeness (QED) is 0.738. The van der Waals surface area contributed by atoms with Crippen molar-refractivity contribution in [1.29, 1.82) is 0 Å². The highest BCUT2D eigenvalue weighted by molar-refractivity contribution is 8.00. The van der Waals surface area contributed by atoms with E-state index in [0.717, 1.165) is 43.3 Å². The van der Waals surface area contributed by atoms with E-state index in [-0.39, 0.29) is 17.8 Å². The number of rotatable bonds is 7. The monoisotopic (exact) mass is 388 g/mol. The van der Waals surface area contributed by atoms with Gasteiger partial charge >= 0.3 is 0 Å². The standard InChI is InChI=1S/C21H25FN2O2S/c1-16-2-4-17(5-3-16)20(14-24-10-12-26-13-11-24)23-21(25)15-27-19-8-6-18(22)7-9-19/h2-9,20H,10-15H2,1H3,(H,23,25)/t20-/m0/s1. The van der Waals surface area contributed by atoms with Crippen molar-refractivity contribution >= 4 is 17.7 Å². The Labute approximate surface area is 164 Å². The van der Waals surface area contributed by atoms with Crippen molar-refractivity contribution in [2.24, 2.45) is 0 Å². The number of aryl methyl sites for hydroxylation is 1. The van der Waals surface area contributed by atoms with Gasteiger partial charge in [-0.05, 0) is 36.8 Å². The molecule has 0 aliphatic carbocycles. The Morgan fingerprint density at radius 2 is 1.81 bits per heavy atom. The van der Waals surface area contributed by atoms with Gasteiger partial charge in [-0.3, -0.25) is 9.69 Å². The number of nitrogens with one attached hydrogen (secondary N) is 1. The normalized spacial score (nSPS) is 16.1. The van der Waals surface area contributed by atoms with E-state index >= 15 is 0 Å². The van der Waals surface area contributed by atoms with Crippen LogP contribution in [0.25, 0.3) is 0 Å². The smallest absolute Gasteiger partial charge is 0.230 e. The van der Waals surface area contributed by atoms with Crippen LogP contribution in [-0.2, 0) is 9.53 Å². The molecule has 0 spiro atoms. The predicted octanol–water partition coefficient (Wildman–Crippen LogP) is 3.42. The lowest BCUT2D eigenvalue weighted by atomic mass is 10.0. The number of thioether (sulfide) groups is 1. The number of halogens is 1. The van der Waals surface area contributed by atoms with Crippen LogP contribution in [0.1, 0.15) is 17.2 Å². The molecule has 1 N–H and O–H groups in total. The number of carbonyl (C=O) groups is 1. The Morgan fingerprint density at radius 3 is 2.48 bits per heavy atom. The van der Waals surface area contributed by atoms with Crippen LogP contribution >= 0.6 is 11.8 Å². The van der Waals surface area contributed by atoms with E-state index in [0.29, 0.717) is 5.75 Å². The van der Waals surface area contributed by atoms with E-state index in [1.54, 1.807) is 12.1 Å². The Morgan fingerprint density at radius 1 is 1.15 bits per heavy atom. The Hall–Kier alpha value is -1.89. The third-order valence-corrected chi connectivity index (χ3v) is 5.56. The first kappa shape index (κ1) is 19.9. The number of ether oxygens (including phenoxy) is 1. The first-order chi connectivity index (χ1) is 13.1. The zero-order chi connectivity index (χ0) is 19.1. The summed E-state index contributed by atoms with van der Waals surface area (Å²) in [6.07, 6.45) is 0. The van der Waals surface area contributed by atoms with Crippen LogP contribution < -0.4 is 5.32 Å². The largest absolute Gasteiger partial charge is 0.379 e. The maximum Gasteiger partial charge on any atom is 0.230 e. The maximum absolute atomic E-state index is 13.0. The van der Waals surface area contributed by atoms with Crippen LogP contribution in [0.4, 0.5) is 4.39 Å². The van der Waals surface area contributed by atoms with E-state index in [9.17, 15) is 9.18 Å². The van der Waals surface area contributed by atoms with Crippen LogP contribution in [0.15, 0.2) is 53.4 Å². The van der Waals surface area contributed by atoms with E-state index in [4.69, 9.17) is 4.74 Å². The fraction of sp³-hybridized carbons (Fsp3) is 0.381. The molecule has 0 saturated carbocycles. The second-order valence-corrected chi connectivity index (χ2v) is 7.74. The molecular formula is C21H25FN2O2S. The fourth-order valence-electron chi connectivity index (χ4n) is 2.99. The molecule has 1 heterocycles. The molecule has 0 unspecified atom stereocenters. The fourth-order valence-corrected chi connectivity index (χ4v) is 3.70. The minimum absolute atomic E-state index is 0.0249. The van der Waals surface area contributed by atoms with Crippen LogP contribution in [0.5, 0.6) is 0 Å². The SMILES string of the molecule is Cc1ccc([C@H](CN2CCOCC2)NC(=O)CSc2ccc(F)cc2)cc1. The minimum atomic E-state index is -0.270. The lowest BCUT2D eigenvalue weighted by molar-refractivity contribution is -0.119. The Balaban J connectivity index is 1.61. The number of hydrogen-bond acceptors (Lipinski definition) is 4. The second kappa shape index (κ2) is 9.88. The van der Waals surface area contributed by atoms with Crippen molar-refractivity contribution in [3.8, 4) is 0 Å². The maximum atomic E-state index is 13.0. The van der Waals surface area contributed by atoms with Gasteiger partial charge in [-0.25, -0.2) is 4.39 Å². The van der Waals surface area contributed by atoms with Gasteiger partial charge in [0.25, 0.3) is 0 Å². The van der Waals surface area contributed by atoms with E-state index in [2.05, 4.69) is 41.4 Å². The molecule has 2 aromatic carbocycles. The molecule has 0 aromatic heterocycles. The summed E-state index contributed by atoms with van der Waals surface area (Å²) in [6, 6.07) is 14.4. The summed E-state index contributed by atoms with van der Waals surface area (Å²) in [7, 11) is 0. The molecule has 1 fully saturated rings. The molecule has 144 valence electrons. The molecule has 27 heavy (non-hydrogen) atoms. The summed E-state index contributed by atoms with van der Waals surface area (Å²) in [5.74, 6) is 0.00815. The van der Waals surface area contributed by atoms with E-state index in [1.165, 1.54) is 29.5 Å². The van der Waals surface area contributed by atoms with Crippen LogP contribution in [0.2, 0.25) is 0 Å². The summed E-state index contributed by atoms with van der Waals surface area (Å²) in [4.78, 5) is 15.7. The highest BCUT2D eigenvalue weighted by Crippen LogP contribution is 2.20. The van der Waals surface area contributed by atoms with Gasteiger partial charge in [0.2, 0.25) is 5.91 Å². The van der Waals surface area contributed by atoms with Crippen LogP contribution in [0.3, 0.4) is 0 Å². The zero-order valence-corrected chi connectivity index (χ0v) is 16.3. The molecule has 1 saturated heterocycles. The van der Waals surface area contributed by atoms with Gasteiger partial charge in [0, 0.05) is 24.5 Å². The molecule has 1 aliphatic rings. The van der Waals surface area contributed by atoms with E-state index < -0.39 is 0 Å². The number of nitrogens with zero attached hydrogens (tertiary/aromatic N) is 1. The average Bonchev–Trinajstić information content (AvgIpc) is 2.68. The van der Waals surface area contributed by atoms with Gasteiger partial charge in [0.05, 0.1) is 25.0 Å². The van der Waals surface area contributed by atoms with E-state index in [1.807, 2.05) is 0 Å². The third-order valence-electron chi connectivity index (χ3n) is 4.54. The number of amides is 1. The summed E-state index contributed by atoms with van der Waals surface area (Å²) in [5.41, 5.74) is 2.30. The van der Waals surface area contributed by atoms with Crippen LogP contribution in [-0.4, -0.2) is 49.4 Å². The molecule has 1 atom stereocenters. The van der Waals surface area contributed by atoms with Gasteiger partial charge in [0.15, 0.2) is 0 Å². The lowest BCUT2D eigenvalue weighted by Crippen LogP contribution is -2.43. The summed E-state index contributed by atoms with van der Waals surface area (Å²) in [6.45, 7) is 6.03. The Bertz CT molecular complexity index is 731. The molecule has 0 radical (unpaired) electrons. The molecular weight excluding hydrogens is 363 g/mol. The van der Waals surface area contributed by atoms with Gasteiger partial charge in [-0.1, -0.05) is 29.8 Å². The summed E-state index contributed by atoms with van der Waals surface area (Å²) in [5, 5.41) is 3.17. The molecule has 3 rings (SSSR count). The predicted molar refractivity (Wildman–Crippen MR) is 106 cm³/mol. The van der Waals surface area contributed by atoms with Gasteiger partial charge in [0.1, 0.15) is 5.82 Å². The number of hydrogen-bond donors (Lipinski definition) is 1. The summed E-state index contributed by atoms with van der Waals surface area (Å²) >= 11 is 1.41. The molecule has 0 bridgehead atoms. The number of morpholine rings is 1. The first-order valence-electron chi connectivity index (χ1n) is 9.14.